The van der Waals surface area contributed by atoms with Gasteiger partial charge in [0, 0.05) is 23.7 Å². The van der Waals surface area contributed by atoms with E-state index in [1.807, 2.05) is 30.3 Å². The summed E-state index contributed by atoms with van der Waals surface area (Å²) in [5.41, 5.74) is 6.53. The van der Waals surface area contributed by atoms with Crippen LogP contribution in [0.1, 0.15) is 15.9 Å². The first-order chi connectivity index (χ1) is 10.2. The zero-order valence-corrected chi connectivity index (χ0v) is 12.3. The summed E-state index contributed by atoms with van der Waals surface area (Å²) >= 11 is 6.10. The molecule has 0 fully saturated rings. The highest BCUT2D eigenvalue weighted by Crippen LogP contribution is 2.17. The van der Waals surface area contributed by atoms with Gasteiger partial charge in [-0.05, 0) is 29.8 Å². The number of carbonyl (C=O) groups excluding carboxylic acids is 1. The van der Waals surface area contributed by atoms with Crippen molar-refractivity contribution in [3.8, 4) is 5.75 Å². The van der Waals surface area contributed by atoms with Gasteiger partial charge >= 0.3 is 0 Å². The Morgan fingerprint density at radius 1 is 1.19 bits per heavy atom. The number of benzene rings is 2. The molecule has 0 unspecified atom stereocenters. The lowest BCUT2D eigenvalue weighted by Gasteiger charge is -2.09. The molecule has 0 aliphatic rings. The Hall–Kier alpha value is -2.04. The third kappa shape index (κ3) is 4.77. The second kappa shape index (κ2) is 7.67. The van der Waals surface area contributed by atoms with Gasteiger partial charge < -0.3 is 15.8 Å². The van der Waals surface area contributed by atoms with Crippen LogP contribution in [0, 0.1) is 0 Å². The predicted molar refractivity (Wildman–Crippen MR) is 83.6 cm³/mol. The summed E-state index contributed by atoms with van der Waals surface area (Å²) in [4.78, 5) is 11.0. The SMILES string of the molecule is NC(=O)c1ccc(CNCCOc2ccccc2)c(Cl)c1. The summed E-state index contributed by atoms with van der Waals surface area (Å²) < 4.78 is 5.57. The van der Waals surface area contributed by atoms with Gasteiger partial charge in [-0.1, -0.05) is 35.9 Å². The average Bonchev–Trinajstić information content (AvgIpc) is 2.49. The molecule has 21 heavy (non-hydrogen) atoms. The molecule has 110 valence electrons. The van der Waals surface area contributed by atoms with Crippen LogP contribution in [0.25, 0.3) is 0 Å². The minimum atomic E-state index is -0.479. The fourth-order valence-corrected chi connectivity index (χ4v) is 2.07. The first kappa shape index (κ1) is 15.4. The zero-order valence-electron chi connectivity index (χ0n) is 11.5. The van der Waals surface area contributed by atoms with E-state index in [0.29, 0.717) is 30.3 Å². The average molecular weight is 305 g/mol. The van der Waals surface area contributed by atoms with Gasteiger partial charge in [-0.3, -0.25) is 4.79 Å². The minimum absolute atomic E-state index is 0.413. The Labute approximate surface area is 128 Å². The number of amides is 1. The third-order valence-corrected chi connectivity index (χ3v) is 3.30. The maximum atomic E-state index is 11.0. The largest absolute Gasteiger partial charge is 0.492 e. The van der Waals surface area contributed by atoms with Crippen LogP contribution in [-0.2, 0) is 6.54 Å². The standard InChI is InChI=1S/C16H17ClN2O2/c17-15-10-12(16(18)20)6-7-13(15)11-19-8-9-21-14-4-2-1-3-5-14/h1-7,10,19H,8-9,11H2,(H2,18,20). The van der Waals surface area contributed by atoms with Crippen LogP contribution in [0.15, 0.2) is 48.5 Å². The molecule has 2 aromatic carbocycles. The number of hydrogen-bond donors (Lipinski definition) is 2. The Morgan fingerprint density at radius 3 is 2.62 bits per heavy atom. The van der Waals surface area contributed by atoms with Crippen molar-refractivity contribution in [1.82, 2.24) is 5.32 Å². The molecule has 5 heteroatoms. The summed E-state index contributed by atoms with van der Waals surface area (Å²) in [7, 11) is 0. The van der Waals surface area contributed by atoms with Gasteiger partial charge in [0.05, 0.1) is 0 Å². The number of ether oxygens (including phenoxy) is 1. The molecule has 4 nitrogen and oxygen atoms in total. The zero-order chi connectivity index (χ0) is 15.1. The van der Waals surface area contributed by atoms with Gasteiger partial charge in [-0.25, -0.2) is 0 Å². The topological polar surface area (TPSA) is 64.4 Å². The van der Waals surface area contributed by atoms with Crippen LogP contribution in [0.3, 0.4) is 0 Å². The molecule has 3 N–H and O–H groups in total. The van der Waals surface area contributed by atoms with Crippen molar-refractivity contribution in [2.24, 2.45) is 5.73 Å². The Balaban J connectivity index is 1.75. The highest BCUT2D eigenvalue weighted by atomic mass is 35.5. The summed E-state index contributed by atoms with van der Waals surface area (Å²) in [5, 5.41) is 3.77. The van der Waals surface area contributed by atoms with Gasteiger partial charge in [-0.15, -0.1) is 0 Å². The van der Waals surface area contributed by atoms with Crippen LogP contribution >= 0.6 is 11.6 Å². The molecule has 1 amide bonds. The number of para-hydroxylation sites is 1. The number of nitrogens with two attached hydrogens (primary N) is 1. The minimum Gasteiger partial charge on any atom is -0.492 e. The molecule has 0 radical (unpaired) electrons. The number of rotatable bonds is 7. The summed E-state index contributed by atoms with van der Waals surface area (Å²) in [6.07, 6.45) is 0. The van der Waals surface area contributed by atoms with Crippen molar-refractivity contribution < 1.29 is 9.53 Å². The first-order valence-electron chi connectivity index (χ1n) is 6.63. The van der Waals surface area contributed by atoms with E-state index in [1.54, 1.807) is 18.2 Å². The van der Waals surface area contributed by atoms with E-state index in [1.165, 1.54) is 0 Å². The second-order valence-corrected chi connectivity index (χ2v) is 4.92. The maximum absolute atomic E-state index is 11.0. The van der Waals surface area contributed by atoms with Crippen molar-refractivity contribution in [3.63, 3.8) is 0 Å². The van der Waals surface area contributed by atoms with Crippen LogP contribution in [0.2, 0.25) is 5.02 Å². The molecular weight excluding hydrogens is 288 g/mol. The number of nitrogens with one attached hydrogen (secondary N) is 1. The monoisotopic (exact) mass is 304 g/mol. The number of halogens is 1. The van der Waals surface area contributed by atoms with E-state index in [2.05, 4.69) is 5.32 Å². The van der Waals surface area contributed by atoms with E-state index in [0.717, 1.165) is 11.3 Å². The van der Waals surface area contributed by atoms with Crippen molar-refractivity contribution in [3.05, 3.63) is 64.7 Å². The molecular formula is C16H17ClN2O2. The molecule has 0 aliphatic carbocycles. The van der Waals surface area contributed by atoms with Gasteiger partial charge in [0.25, 0.3) is 0 Å². The van der Waals surface area contributed by atoms with Gasteiger partial charge in [0.2, 0.25) is 5.91 Å². The van der Waals surface area contributed by atoms with Gasteiger partial charge in [0.15, 0.2) is 0 Å². The van der Waals surface area contributed by atoms with Gasteiger partial charge in [-0.2, -0.15) is 0 Å². The quantitative estimate of drug-likeness (QED) is 0.773. The molecule has 2 rings (SSSR count). The van der Waals surface area contributed by atoms with E-state index in [-0.39, 0.29) is 0 Å². The van der Waals surface area contributed by atoms with Gasteiger partial charge in [0.1, 0.15) is 12.4 Å². The highest BCUT2D eigenvalue weighted by Gasteiger charge is 2.05. The van der Waals surface area contributed by atoms with Crippen LogP contribution < -0.4 is 15.8 Å². The first-order valence-corrected chi connectivity index (χ1v) is 7.01. The lowest BCUT2D eigenvalue weighted by atomic mass is 10.1. The number of hydrogen-bond acceptors (Lipinski definition) is 3. The summed E-state index contributed by atoms with van der Waals surface area (Å²) in [5.74, 6) is 0.371. The Morgan fingerprint density at radius 2 is 1.95 bits per heavy atom. The number of carbonyl (C=O) groups is 1. The van der Waals surface area contributed by atoms with Crippen molar-refractivity contribution in [2.75, 3.05) is 13.2 Å². The molecule has 0 saturated heterocycles. The lowest BCUT2D eigenvalue weighted by molar-refractivity contribution is 0.100. The lowest BCUT2D eigenvalue weighted by Crippen LogP contribution is -2.21. The fourth-order valence-electron chi connectivity index (χ4n) is 1.82. The highest BCUT2D eigenvalue weighted by molar-refractivity contribution is 6.31. The van der Waals surface area contributed by atoms with E-state index >= 15 is 0 Å². The molecule has 2 aromatic rings. The maximum Gasteiger partial charge on any atom is 0.248 e. The smallest absolute Gasteiger partial charge is 0.248 e. The predicted octanol–water partition coefficient (Wildman–Crippen LogP) is 2.61. The molecule has 0 atom stereocenters. The Bertz CT molecular complexity index is 602. The summed E-state index contributed by atoms with van der Waals surface area (Å²) in [6.45, 7) is 1.87. The van der Waals surface area contributed by atoms with Crippen LogP contribution in [0.5, 0.6) is 5.75 Å². The third-order valence-electron chi connectivity index (χ3n) is 2.94. The van der Waals surface area contributed by atoms with Crippen LogP contribution in [0.4, 0.5) is 0 Å². The van der Waals surface area contributed by atoms with Crippen molar-refractivity contribution >= 4 is 17.5 Å². The molecule has 0 bridgehead atoms. The molecule has 0 aliphatic heterocycles. The van der Waals surface area contributed by atoms with E-state index in [4.69, 9.17) is 22.1 Å². The fraction of sp³-hybridized carbons (Fsp3) is 0.188. The molecule has 0 aromatic heterocycles. The molecule has 0 heterocycles. The second-order valence-electron chi connectivity index (χ2n) is 4.51. The summed E-state index contributed by atoms with van der Waals surface area (Å²) in [6, 6.07) is 14.7. The normalized spacial score (nSPS) is 10.3. The van der Waals surface area contributed by atoms with Crippen molar-refractivity contribution in [1.29, 1.82) is 0 Å². The van der Waals surface area contributed by atoms with Crippen LogP contribution in [-0.4, -0.2) is 19.1 Å². The Kier molecular flexibility index (Phi) is 5.60. The number of primary amides is 1. The van der Waals surface area contributed by atoms with Crippen molar-refractivity contribution in [2.45, 2.75) is 6.54 Å². The van der Waals surface area contributed by atoms with E-state index in [9.17, 15) is 4.79 Å². The van der Waals surface area contributed by atoms with E-state index < -0.39 is 5.91 Å². The molecule has 0 saturated carbocycles. The molecule has 0 spiro atoms.